The summed E-state index contributed by atoms with van der Waals surface area (Å²) in [7, 11) is 1.82. The van der Waals surface area contributed by atoms with E-state index in [2.05, 4.69) is 10.4 Å². The van der Waals surface area contributed by atoms with Crippen molar-refractivity contribution in [2.24, 2.45) is 12.8 Å². The van der Waals surface area contributed by atoms with Gasteiger partial charge in [0, 0.05) is 30.1 Å². The van der Waals surface area contributed by atoms with E-state index in [9.17, 15) is 4.79 Å². The number of amides is 1. The molecule has 0 aliphatic heterocycles. The highest BCUT2D eigenvalue weighted by Gasteiger charge is 2.37. The summed E-state index contributed by atoms with van der Waals surface area (Å²) in [5.41, 5.74) is 7.81. The van der Waals surface area contributed by atoms with Crippen LogP contribution in [0.5, 0.6) is 0 Å². The fourth-order valence-corrected chi connectivity index (χ4v) is 3.21. The molecule has 19 heavy (non-hydrogen) atoms. The molecule has 1 saturated carbocycles. The van der Waals surface area contributed by atoms with E-state index in [-0.39, 0.29) is 11.9 Å². The molecule has 0 saturated heterocycles. The van der Waals surface area contributed by atoms with Gasteiger partial charge in [0.25, 0.3) is 5.91 Å². The van der Waals surface area contributed by atoms with Gasteiger partial charge in [-0.1, -0.05) is 0 Å². The Hall–Kier alpha value is -1.66. The number of nitrogens with two attached hydrogens (primary N) is 1. The van der Waals surface area contributed by atoms with Gasteiger partial charge in [0.1, 0.15) is 0 Å². The van der Waals surface area contributed by atoms with E-state index in [1.54, 1.807) is 17.1 Å². The van der Waals surface area contributed by atoms with Crippen LogP contribution in [-0.2, 0) is 7.05 Å². The summed E-state index contributed by atoms with van der Waals surface area (Å²) >= 11 is 1.52. The Labute approximate surface area is 115 Å². The zero-order chi connectivity index (χ0) is 13.6. The number of hydrogen-bond donors (Lipinski definition) is 2. The maximum absolute atomic E-state index is 12.1. The number of carbonyl (C=O) groups is 1. The average Bonchev–Trinajstić information content (AvgIpc) is 2.75. The molecule has 1 fully saturated rings. The van der Waals surface area contributed by atoms with Crippen LogP contribution in [0.4, 0.5) is 5.69 Å². The first-order valence-electron chi connectivity index (χ1n) is 6.20. The minimum atomic E-state index is -0.0819. The van der Waals surface area contributed by atoms with Crippen molar-refractivity contribution in [1.82, 2.24) is 9.78 Å². The van der Waals surface area contributed by atoms with Crippen molar-refractivity contribution in [2.75, 3.05) is 5.32 Å². The lowest BCUT2D eigenvalue weighted by atomic mass is 10.1. The first kappa shape index (κ1) is 12.4. The number of aromatic nitrogens is 2. The molecule has 0 unspecified atom stereocenters. The summed E-state index contributed by atoms with van der Waals surface area (Å²) < 4.78 is 1.66. The van der Waals surface area contributed by atoms with Gasteiger partial charge in [0.05, 0.1) is 16.8 Å². The summed E-state index contributed by atoms with van der Waals surface area (Å²) in [6, 6.07) is 2.24. The molecule has 5 nitrogen and oxygen atoms in total. The lowest BCUT2D eigenvalue weighted by Crippen LogP contribution is -2.09. The second-order valence-electron chi connectivity index (χ2n) is 4.99. The summed E-state index contributed by atoms with van der Waals surface area (Å²) in [6.07, 6.45) is 4.44. The molecule has 2 atom stereocenters. The monoisotopic (exact) mass is 276 g/mol. The zero-order valence-corrected chi connectivity index (χ0v) is 11.7. The third kappa shape index (κ3) is 2.41. The second kappa shape index (κ2) is 4.47. The van der Waals surface area contributed by atoms with Gasteiger partial charge in [-0.15, -0.1) is 11.3 Å². The molecular weight excluding hydrogens is 260 g/mol. The van der Waals surface area contributed by atoms with Crippen LogP contribution in [0.3, 0.4) is 0 Å². The quantitative estimate of drug-likeness (QED) is 0.898. The number of carbonyl (C=O) groups excluding carboxylic acids is 1. The summed E-state index contributed by atoms with van der Waals surface area (Å²) in [5, 5.41) is 6.87. The van der Waals surface area contributed by atoms with Crippen LogP contribution < -0.4 is 11.1 Å². The fraction of sp³-hybridized carbons (Fsp3) is 0.385. The fourth-order valence-electron chi connectivity index (χ4n) is 2.23. The Morgan fingerprint density at radius 3 is 2.95 bits per heavy atom. The molecule has 0 bridgehead atoms. The zero-order valence-electron chi connectivity index (χ0n) is 10.9. The van der Waals surface area contributed by atoms with E-state index in [4.69, 9.17) is 5.73 Å². The largest absolute Gasteiger partial charge is 0.327 e. The third-order valence-corrected chi connectivity index (χ3v) is 4.45. The molecule has 0 spiro atoms. The Kier molecular flexibility index (Phi) is 2.91. The van der Waals surface area contributed by atoms with Crippen molar-refractivity contribution in [2.45, 2.75) is 25.3 Å². The molecule has 3 rings (SSSR count). The SMILES string of the molecule is Cc1sc(C(=O)Nc2cnn(C)c2)cc1[C@@H]1C[C@H]1N. The van der Waals surface area contributed by atoms with Crippen molar-refractivity contribution in [3.8, 4) is 0 Å². The van der Waals surface area contributed by atoms with Gasteiger partial charge in [0.15, 0.2) is 0 Å². The number of nitrogens with zero attached hydrogens (tertiary/aromatic N) is 2. The Morgan fingerprint density at radius 2 is 2.37 bits per heavy atom. The predicted molar refractivity (Wildman–Crippen MR) is 75.6 cm³/mol. The maximum atomic E-state index is 12.1. The number of aryl methyl sites for hydroxylation is 2. The molecular formula is C13H16N4OS. The standard InChI is InChI=1S/C13H16N4OS/c1-7-9(10-3-11(10)14)4-12(19-7)13(18)16-8-5-15-17(2)6-8/h4-6,10-11H,3,14H2,1-2H3,(H,16,18)/t10-,11+/m0/s1. The number of hydrogen-bond acceptors (Lipinski definition) is 4. The molecule has 100 valence electrons. The molecule has 2 aromatic heterocycles. The first-order chi connectivity index (χ1) is 9.04. The predicted octanol–water partition coefficient (Wildman–Crippen LogP) is 1.86. The number of anilines is 1. The van der Waals surface area contributed by atoms with Gasteiger partial charge in [-0.2, -0.15) is 5.10 Å². The molecule has 6 heteroatoms. The van der Waals surface area contributed by atoms with Crippen LogP contribution in [-0.4, -0.2) is 21.7 Å². The summed E-state index contributed by atoms with van der Waals surface area (Å²) in [5.74, 6) is 0.359. The van der Waals surface area contributed by atoms with Crippen molar-refractivity contribution >= 4 is 22.9 Å². The van der Waals surface area contributed by atoms with Crippen molar-refractivity contribution in [1.29, 1.82) is 0 Å². The van der Waals surface area contributed by atoms with E-state index in [1.807, 2.05) is 20.0 Å². The smallest absolute Gasteiger partial charge is 0.265 e. The Morgan fingerprint density at radius 1 is 1.63 bits per heavy atom. The molecule has 1 aliphatic carbocycles. The summed E-state index contributed by atoms with van der Waals surface area (Å²) in [4.78, 5) is 14.1. The van der Waals surface area contributed by atoms with Crippen LogP contribution in [0.1, 0.15) is 32.5 Å². The first-order valence-corrected chi connectivity index (χ1v) is 7.02. The highest BCUT2D eigenvalue weighted by molar-refractivity contribution is 7.14. The van der Waals surface area contributed by atoms with Gasteiger partial charge >= 0.3 is 0 Å². The maximum Gasteiger partial charge on any atom is 0.265 e. The van der Waals surface area contributed by atoms with Crippen molar-refractivity contribution in [3.05, 3.63) is 33.8 Å². The van der Waals surface area contributed by atoms with Crippen LogP contribution >= 0.6 is 11.3 Å². The van der Waals surface area contributed by atoms with E-state index in [0.29, 0.717) is 11.6 Å². The van der Waals surface area contributed by atoms with Crippen LogP contribution in [0.2, 0.25) is 0 Å². The number of rotatable bonds is 3. The van der Waals surface area contributed by atoms with Gasteiger partial charge < -0.3 is 11.1 Å². The molecule has 3 N–H and O–H groups in total. The Balaban J connectivity index is 1.76. The van der Waals surface area contributed by atoms with Crippen LogP contribution in [0, 0.1) is 6.92 Å². The van der Waals surface area contributed by atoms with E-state index < -0.39 is 0 Å². The molecule has 0 radical (unpaired) electrons. The number of thiophene rings is 1. The van der Waals surface area contributed by atoms with Gasteiger partial charge in [-0.3, -0.25) is 9.48 Å². The van der Waals surface area contributed by atoms with E-state index in [0.717, 1.165) is 11.3 Å². The average molecular weight is 276 g/mol. The second-order valence-corrected chi connectivity index (χ2v) is 6.24. The topological polar surface area (TPSA) is 72.9 Å². The van der Waals surface area contributed by atoms with Crippen LogP contribution in [0.15, 0.2) is 18.5 Å². The summed E-state index contributed by atoms with van der Waals surface area (Å²) in [6.45, 7) is 2.05. The van der Waals surface area contributed by atoms with E-state index in [1.165, 1.54) is 21.8 Å². The third-order valence-electron chi connectivity index (χ3n) is 3.38. The Bertz CT molecular complexity index is 630. The lowest BCUT2D eigenvalue weighted by Gasteiger charge is -1.98. The minimum absolute atomic E-state index is 0.0819. The van der Waals surface area contributed by atoms with Crippen LogP contribution in [0.25, 0.3) is 0 Å². The van der Waals surface area contributed by atoms with Gasteiger partial charge in [-0.05, 0) is 25.0 Å². The molecule has 0 aromatic carbocycles. The molecule has 2 heterocycles. The van der Waals surface area contributed by atoms with Crippen molar-refractivity contribution < 1.29 is 4.79 Å². The van der Waals surface area contributed by atoms with Crippen molar-refractivity contribution in [3.63, 3.8) is 0 Å². The molecule has 2 aromatic rings. The molecule has 1 aliphatic rings. The highest BCUT2D eigenvalue weighted by Crippen LogP contribution is 2.43. The normalized spacial score (nSPS) is 21.4. The lowest BCUT2D eigenvalue weighted by molar-refractivity contribution is 0.103. The molecule has 1 amide bonds. The van der Waals surface area contributed by atoms with E-state index >= 15 is 0 Å². The minimum Gasteiger partial charge on any atom is -0.327 e. The highest BCUT2D eigenvalue weighted by atomic mass is 32.1. The van der Waals surface area contributed by atoms with Gasteiger partial charge in [0.2, 0.25) is 0 Å². The number of nitrogens with one attached hydrogen (secondary N) is 1. The van der Waals surface area contributed by atoms with Gasteiger partial charge in [-0.25, -0.2) is 0 Å².